The standard InChI is InChI=1S/C9H9FO2P/c1-12-13(11)7-6-8-4-2-3-5-9(8)10/h2-7H,1H3/q+1. The van der Waals surface area contributed by atoms with Gasteiger partial charge in [0.25, 0.3) is 0 Å². The number of halogens is 1. The van der Waals surface area contributed by atoms with Gasteiger partial charge in [-0.05, 0) is 16.7 Å². The Kier molecular flexibility index (Phi) is 3.74. The van der Waals surface area contributed by atoms with Gasteiger partial charge in [0.2, 0.25) is 0 Å². The van der Waals surface area contributed by atoms with E-state index in [1.807, 2.05) is 0 Å². The first kappa shape index (κ1) is 10.0. The van der Waals surface area contributed by atoms with Gasteiger partial charge in [-0.25, -0.2) is 4.39 Å². The van der Waals surface area contributed by atoms with Gasteiger partial charge in [0.15, 0.2) is 5.82 Å². The molecule has 0 aromatic heterocycles. The van der Waals surface area contributed by atoms with Crippen molar-refractivity contribution in [1.82, 2.24) is 0 Å². The molecule has 4 heteroatoms. The molecule has 0 amide bonds. The van der Waals surface area contributed by atoms with Gasteiger partial charge in [-0.2, -0.15) is 0 Å². The molecule has 1 atom stereocenters. The molecule has 2 nitrogen and oxygen atoms in total. The molecule has 0 bridgehead atoms. The highest BCUT2D eigenvalue weighted by Crippen LogP contribution is 2.23. The summed E-state index contributed by atoms with van der Waals surface area (Å²) < 4.78 is 28.3. The molecule has 0 fully saturated rings. The van der Waals surface area contributed by atoms with Crippen molar-refractivity contribution in [2.24, 2.45) is 0 Å². The maximum Gasteiger partial charge on any atom is 0.540 e. The Morgan fingerprint density at radius 2 is 2.15 bits per heavy atom. The molecule has 0 N–H and O–H groups in total. The van der Waals surface area contributed by atoms with Gasteiger partial charge in [0, 0.05) is 5.56 Å². The van der Waals surface area contributed by atoms with E-state index in [9.17, 15) is 8.96 Å². The van der Waals surface area contributed by atoms with Crippen molar-refractivity contribution in [2.75, 3.05) is 7.11 Å². The van der Waals surface area contributed by atoms with Crippen molar-refractivity contribution < 1.29 is 13.5 Å². The van der Waals surface area contributed by atoms with Crippen molar-refractivity contribution in [3.05, 3.63) is 41.5 Å². The van der Waals surface area contributed by atoms with Gasteiger partial charge in [-0.15, -0.1) is 4.52 Å². The van der Waals surface area contributed by atoms with Gasteiger partial charge < -0.3 is 0 Å². The normalized spacial score (nSPS) is 12.0. The number of hydrogen-bond acceptors (Lipinski definition) is 2. The third-order valence-electron chi connectivity index (χ3n) is 1.46. The van der Waals surface area contributed by atoms with Gasteiger partial charge in [-0.1, -0.05) is 18.2 Å². The Labute approximate surface area is 76.9 Å². The zero-order valence-corrected chi connectivity index (χ0v) is 8.00. The molecule has 1 aromatic rings. The summed E-state index contributed by atoms with van der Waals surface area (Å²) in [5.41, 5.74) is 0.405. The lowest BCUT2D eigenvalue weighted by atomic mass is 10.2. The van der Waals surface area contributed by atoms with Crippen LogP contribution in [0.5, 0.6) is 0 Å². The molecule has 1 rings (SSSR count). The first-order valence-electron chi connectivity index (χ1n) is 3.67. The molecular weight excluding hydrogens is 190 g/mol. The van der Waals surface area contributed by atoms with Crippen LogP contribution >= 0.6 is 8.03 Å². The van der Waals surface area contributed by atoms with Gasteiger partial charge in [0.1, 0.15) is 5.82 Å². The lowest BCUT2D eigenvalue weighted by Crippen LogP contribution is -1.78. The van der Waals surface area contributed by atoms with Crippen LogP contribution in [-0.2, 0) is 9.09 Å². The molecule has 13 heavy (non-hydrogen) atoms. The Morgan fingerprint density at radius 1 is 1.46 bits per heavy atom. The van der Waals surface area contributed by atoms with Crippen molar-refractivity contribution in [3.63, 3.8) is 0 Å². The number of benzene rings is 1. The fourth-order valence-corrected chi connectivity index (χ4v) is 1.22. The summed E-state index contributed by atoms with van der Waals surface area (Å²) in [6, 6.07) is 6.26. The molecular formula is C9H9FO2P+. The minimum Gasteiger partial charge on any atom is -0.206 e. The Bertz CT molecular complexity index is 336. The Morgan fingerprint density at radius 3 is 2.77 bits per heavy atom. The van der Waals surface area contributed by atoms with Crippen LogP contribution in [0.1, 0.15) is 5.56 Å². The Balaban J connectivity index is 2.80. The first-order valence-corrected chi connectivity index (χ1v) is 4.92. The highest BCUT2D eigenvalue weighted by molar-refractivity contribution is 7.43. The second-order valence-corrected chi connectivity index (χ2v) is 3.54. The maximum atomic E-state index is 13.0. The van der Waals surface area contributed by atoms with E-state index in [-0.39, 0.29) is 5.82 Å². The third-order valence-corrected chi connectivity index (χ3v) is 2.21. The molecule has 0 radical (unpaired) electrons. The second-order valence-electron chi connectivity index (χ2n) is 2.31. The van der Waals surface area contributed by atoms with E-state index >= 15 is 0 Å². The van der Waals surface area contributed by atoms with E-state index < -0.39 is 8.03 Å². The summed E-state index contributed by atoms with van der Waals surface area (Å²) in [6.45, 7) is 0. The zero-order valence-electron chi connectivity index (χ0n) is 7.11. The smallest absolute Gasteiger partial charge is 0.206 e. The van der Waals surface area contributed by atoms with Crippen molar-refractivity contribution in [2.45, 2.75) is 0 Å². The summed E-state index contributed by atoms with van der Waals surface area (Å²) >= 11 is 0. The molecule has 0 aliphatic carbocycles. The van der Waals surface area contributed by atoms with Gasteiger partial charge in [0.05, 0.1) is 7.11 Å². The average molecular weight is 199 g/mol. The topological polar surface area (TPSA) is 26.3 Å². The van der Waals surface area contributed by atoms with E-state index in [2.05, 4.69) is 4.52 Å². The highest BCUT2D eigenvalue weighted by atomic mass is 31.1. The summed E-state index contributed by atoms with van der Waals surface area (Å²) in [5.74, 6) is 0.992. The van der Waals surface area contributed by atoms with Gasteiger partial charge in [-0.3, -0.25) is 0 Å². The van der Waals surface area contributed by atoms with Gasteiger partial charge >= 0.3 is 8.03 Å². The molecule has 1 unspecified atom stereocenters. The quantitative estimate of drug-likeness (QED) is 0.699. The average Bonchev–Trinajstić information content (AvgIpc) is 2.16. The lowest BCUT2D eigenvalue weighted by molar-refractivity contribution is 0.422. The minimum absolute atomic E-state index is 0.335. The van der Waals surface area contributed by atoms with Crippen LogP contribution in [0.3, 0.4) is 0 Å². The van der Waals surface area contributed by atoms with E-state index in [1.165, 1.54) is 25.1 Å². The summed E-state index contributed by atoms with van der Waals surface area (Å²) in [5, 5.41) is 0. The fourth-order valence-electron chi connectivity index (χ4n) is 0.812. The molecule has 0 saturated carbocycles. The number of hydrogen-bond donors (Lipinski definition) is 0. The summed E-state index contributed by atoms with van der Waals surface area (Å²) in [6.07, 6.45) is 1.44. The maximum absolute atomic E-state index is 13.0. The molecule has 0 heterocycles. The van der Waals surface area contributed by atoms with E-state index in [1.54, 1.807) is 18.2 Å². The van der Waals surface area contributed by atoms with E-state index in [0.717, 1.165) is 0 Å². The first-order chi connectivity index (χ1) is 6.24. The largest absolute Gasteiger partial charge is 0.540 e. The summed E-state index contributed by atoms with van der Waals surface area (Å²) in [7, 11) is -0.474. The predicted octanol–water partition coefficient (Wildman–Crippen LogP) is 3.19. The van der Waals surface area contributed by atoms with Crippen molar-refractivity contribution in [3.8, 4) is 0 Å². The van der Waals surface area contributed by atoms with E-state index in [0.29, 0.717) is 5.56 Å². The fraction of sp³-hybridized carbons (Fsp3) is 0.111. The minimum atomic E-state index is -1.81. The van der Waals surface area contributed by atoms with Crippen molar-refractivity contribution in [1.29, 1.82) is 0 Å². The van der Waals surface area contributed by atoms with Crippen LogP contribution < -0.4 is 0 Å². The van der Waals surface area contributed by atoms with Crippen LogP contribution in [0.15, 0.2) is 30.1 Å². The molecule has 0 spiro atoms. The molecule has 68 valence electrons. The van der Waals surface area contributed by atoms with Crippen molar-refractivity contribution >= 4 is 14.1 Å². The molecule has 1 aromatic carbocycles. The predicted molar refractivity (Wildman–Crippen MR) is 50.0 cm³/mol. The highest BCUT2D eigenvalue weighted by Gasteiger charge is 2.07. The SMILES string of the molecule is CO[P+](=O)C=Cc1ccccc1F. The van der Waals surface area contributed by atoms with Crippen LogP contribution in [0.25, 0.3) is 6.08 Å². The molecule has 0 saturated heterocycles. The number of rotatable bonds is 3. The van der Waals surface area contributed by atoms with Crippen LogP contribution in [0.2, 0.25) is 0 Å². The lowest BCUT2D eigenvalue weighted by Gasteiger charge is -1.91. The van der Waals surface area contributed by atoms with Crippen LogP contribution in [0, 0.1) is 5.82 Å². The van der Waals surface area contributed by atoms with Crippen LogP contribution in [0.4, 0.5) is 4.39 Å². The molecule has 0 aliphatic rings. The molecule has 0 aliphatic heterocycles. The monoisotopic (exact) mass is 199 g/mol. The Hall–Kier alpha value is -1.05. The van der Waals surface area contributed by atoms with E-state index in [4.69, 9.17) is 0 Å². The summed E-state index contributed by atoms with van der Waals surface area (Å²) in [4.78, 5) is 0. The zero-order chi connectivity index (χ0) is 9.68. The third kappa shape index (κ3) is 3.05. The van der Waals surface area contributed by atoms with Crippen LogP contribution in [-0.4, -0.2) is 7.11 Å². The second kappa shape index (κ2) is 4.85.